The van der Waals surface area contributed by atoms with Crippen LogP contribution in [0, 0.1) is 0 Å². The van der Waals surface area contributed by atoms with Gasteiger partial charge >= 0.3 is 0 Å². The van der Waals surface area contributed by atoms with Crippen LogP contribution in [-0.2, 0) is 17.9 Å². The number of nitrogens with zero attached hydrogens (tertiary/aromatic N) is 2. The van der Waals surface area contributed by atoms with Gasteiger partial charge < -0.3 is 10.1 Å². The highest BCUT2D eigenvalue weighted by Crippen LogP contribution is 2.18. The highest BCUT2D eigenvalue weighted by molar-refractivity contribution is 5.22. The summed E-state index contributed by atoms with van der Waals surface area (Å²) in [5.41, 5.74) is 2.65. The molecule has 3 rings (SSSR count). The van der Waals surface area contributed by atoms with Crippen LogP contribution < -0.4 is 5.32 Å². The van der Waals surface area contributed by atoms with Gasteiger partial charge in [-0.2, -0.15) is 0 Å². The van der Waals surface area contributed by atoms with Crippen molar-refractivity contribution in [3.63, 3.8) is 0 Å². The van der Waals surface area contributed by atoms with Crippen molar-refractivity contribution in [3.8, 4) is 0 Å². The second-order valence-corrected chi connectivity index (χ2v) is 5.88. The van der Waals surface area contributed by atoms with E-state index in [0.717, 1.165) is 25.7 Å². The molecular formula is C16H25N3O. The molecule has 1 N–H and O–H groups in total. The maximum atomic E-state index is 5.14. The van der Waals surface area contributed by atoms with Crippen molar-refractivity contribution in [3.05, 3.63) is 35.4 Å². The third-order valence-corrected chi connectivity index (χ3v) is 4.35. The first-order chi connectivity index (χ1) is 9.85. The Labute approximate surface area is 121 Å². The minimum absolute atomic E-state index is 0.703. The number of benzene rings is 1. The number of nitrogens with one attached hydrogen (secondary N) is 1. The first-order valence-corrected chi connectivity index (χ1v) is 7.59. The fourth-order valence-electron chi connectivity index (χ4n) is 3.12. The lowest BCUT2D eigenvalue weighted by atomic mass is 10.0. The highest BCUT2D eigenvalue weighted by Gasteiger charge is 2.31. The Morgan fingerprint density at radius 1 is 1.10 bits per heavy atom. The second kappa shape index (κ2) is 6.68. The highest BCUT2D eigenvalue weighted by atomic mass is 16.5. The van der Waals surface area contributed by atoms with Gasteiger partial charge in [0.2, 0.25) is 0 Å². The summed E-state index contributed by atoms with van der Waals surface area (Å²) < 4.78 is 5.14. The Morgan fingerprint density at radius 2 is 1.75 bits per heavy atom. The van der Waals surface area contributed by atoms with Crippen LogP contribution in [0.25, 0.3) is 0 Å². The summed E-state index contributed by atoms with van der Waals surface area (Å²) in [5, 5.41) is 3.42. The van der Waals surface area contributed by atoms with E-state index in [2.05, 4.69) is 39.4 Å². The molecule has 4 nitrogen and oxygen atoms in total. The molecule has 0 bridgehead atoms. The van der Waals surface area contributed by atoms with Crippen molar-refractivity contribution in [2.24, 2.45) is 0 Å². The summed E-state index contributed by atoms with van der Waals surface area (Å²) >= 11 is 0. The van der Waals surface area contributed by atoms with E-state index in [1.165, 1.54) is 37.3 Å². The molecule has 0 aromatic heterocycles. The lowest BCUT2D eigenvalue weighted by molar-refractivity contribution is 0.0223. The fourth-order valence-corrected chi connectivity index (χ4v) is 3.12. The topological polar surface area (TPSA) is 27.7 Å². The molecule has 2 aliphatic heterocycles. The number of likely N-dealkylation sites (tertiary alicyclic amines) is 1. The molecule has 2 aliphatic rings. The van der Waals surface area contributed by atoms with Crippen LogP contribution >= 0.6 is 0 Å². The van der Waals surface area contributed by atoms with E-state index in [-0.39, 0.29) is 0 Å². The van der Waals surface area contributed by atoms with Gasteiger partial charge in [-0.25, -0.2) is 0 Å². The summed E-state index contributed by atoms with van der Waals surface area (Å²) in [6.07, 6.45) is 0. The molecule has 1 aromatic rings. The van der Waals surface area contributed by atoms with Crippen LogP contribution in [-0.4, -0.2) is 62.2 Å². The summed E-state index contributed by atoms with van der Waals surface area (Å²) in [4.78, 5) is 5.17. The van der Waals surface area contributed by atoms with Gasteiger partial charge in [0.05, 0.1) is 6.61 Å². The molecular weight excluding hydrogens is 250 g/mol. The summed E-state index contributed by atoms with van der Waals surface area (Å²) in [6, 6.07) is 9.59. The quantitative estimate of drug-likeness (QED) is 0.865. The van der Waals surface area contributed by atoms with Crippen LogP contribution in [0.5, 0.6) is 0 Å². The van der Waals surface area contributed by atoms with Crippen molar-refractivity contribution in [1.29, 1.82) is 0 Å². The van der Waals surface area contributed by atoms with Gasteiger partial charge in [-0.15, -0.1) is 0 Å². The van der Waals surface area contributed by atoms with E-state index in [0.29, 0.717) is 6.61 Å². The average Bonchev–Trinajstić information content (AvgIpc) is 2.45. The molecule has 0 saturated carbocycles. The van der Waals surface area contributed by atoms with Crippen LogP contribution in [0.15, 0.2) is 24.3 Å². The zero-order chi connectivity index (χ0) is 13.8. The van der Waals surface area contributed by atoms with Gasteiger partial charge in [0, 0.05) is 59.0 Å². The van der Waals surface area contributed by atoms with E-state index in [1.807, 2.05) is 0 Å². The second-order valence-electron chi connectivity index (χ2n) is 5.88. The zero-order valence-corrected chi connectivity index (χ0v) is 12.3. The number of ether oxygens (including phenoxy) is 1. The Bertz CT molecular complexity index is 408. The molecule has 0 aliphatic carbocycles. The lowest BCUT2D eigenvalue weighted by Gasteiger charge is -2.46. The van der Waals surface area contributed by atoms with Crippen molar-refractivity contribution in [1.82, 2.24) is 15.1 Å². The van der Waals surface area contributed by atoms with E-state index in [9.17, 15) is 0 Å². The number of hydrogen-bond acceptors (Lipinski definition) is 4. The largest absolute Gasteiger partial charge is 0.380 e. The molecule has 0 radical (unpaired) electrons. The van der Waals surface area contributed by atoms with Crippen molar-refractivity contribution < 1.29 is 4.74 Å². The number of methoxy groups -OCH3 is 1. The number of hydrogen-bond donors (Lipinski definition) is 1. The minimum atomic E-state index is 0.703. The molecule has 2 fully saturated rings. The number of piperazine rings is 1. The van der Waals surface area contributed by atoms with Crippen molar-refractivity contribution in [2.45, 2.75) is 19.2 Å². The molecule has 0 atom stereocenters. The Hall–Kier alpha value is -0.940. The Morgan fingerprint density at radius 3 is 2.40 bits per heavy atom. The number of rotatable bonds is 5. The van der Waals surface area contributed by atoms with Crippen molar-refractivity contribution in [2.75, 3.05) is 46.4 Å². The van der Waals surface area contributed by atoms with Gasteiger partial charge in [0.15, 0.2) is 0 Å². The SMILES string of the molecule is COCc1ccc(CN2CC(N3CCNCC3)C2)cc1. The molecule has 4 heteroatoms. The third-order valence-electron chi connectivity index (χ3n) is 4.35. The van der Waals surface area contributed by atoms with Crippen LogP contribution in [0.3, 0.4) is 0 Å². The lowest BCUT2D eigenvalue weighted by Crippen LogP contribution is -2.62. The van der Waals surface area contributed by atoms with Crippen LogP contribution in [0.2, 0.25) is 0 Å². The molecule has 20 heavy (non-hydrogen) atoms. The van der Waals surface area contributed by atoms with Crippen LogP contribution in [0.1, 0.15) is 11.1 Å². The van der Waals surface area contributed by atoms with Gasteiger partial charge in [-0.3, -0.25) is 9.80 Å². The monoisotopic (exact) mass is 275 g/mol. The fraction of sp³-hybridized carbons (Fsp3) is 0.625. The molecule has 1 aromatic carbocycles. The standard InChI is InChI=1S/C16H25N3O/c1-20-13-15-4-2-14(3-5-15)10-18-11-16(12-18)19-8-6-17-7-9-19/h2-5,16-17H,6-13H2,1H3. The molecule has 2 saturated heterocycles. The van der Waals surface area contributed by atoms with Gasteiger partial charge in [-0.1, -0.05) is 24.3 Å². The maximum Gasteiger partial charge on any atom is 0.0713 e. The molecule has 0 spiro atoms. The smallest absolute Gasteiger partial charge is 0.0713 e. The molecule has 110 valence electrons. The van der Waals surface area contributed by atoms with E-state index < -0.39 is 0 Å². The first kappa shape index (κ1) is 14.0. The maximum absolute atomic E-state index is 5.14. The zero-order valence-electron chi connectivity index (χ0n) is 12.3. The first-order valence-electron chi connectivity index (χ1n) is 7.59. The summed E-state index contributed by atoms with van der Waals surface area (Å²) in [6.45, 7) is 8.95. The van der Waals surface area contributed by atoms with Gasteiger partial charge in [-0.05, 0) is 11.1 Å². The van der Waals surface area contributed by atoms with E-state index >= 15 is 0 Å². The molecule has 0 amide bonds. The molecule has 2 heterocycles. The summed E-state index contributed by atoms with van der Waals surface area (Å²) in [5.74, 6) is 0. The average molecular weight is 275 g/mol. The van der Waals surface area contributed by atoms with Gasteiger partial charge in [0.1, 0.15) is 0 Å². The Kier molecular flexibility index (Phi) is 4.68. The third kappa shape index (κ3) is 3.38. The normalized spacial score (nSPS) is 21.9. The minimum Gasteiger partial charge on any atom is -0.380 e. The predicted molar refractivity (Wildman–Crippen MR) is 80.7 cm³/mol. The Balaban J connectivity index is 1.43. The summed E-state index contributed by atoms with van der Waals surface area (Å²) in [7, 11) is 1.74. The van der Waals surface area contributed by atoms with E-state index in [4.69, 9.17) is 4.74 Å². The van der Waals surface area contributed by atoms with Crippen LogP contribution in [0.4, 0.5) is 0 Å². The van der Waals surface area contributed by atoms with Crippen molar-refractivity contribution >= 4 is 0 Å². The van der Waals surface area contributed by atoms with E-state index in [1.54, 1.807) is 7.11 Å². The molecule has 0 unspecified atom stereocenters. The predicted octanol–water partition coefficient (Wildman–Crippen LogP) is 0.922. The van der Waals surface area contributed by atoms with Gasteiger partial charge in [0.25, 0.3) is 0 Å².